The minimum atomic E-state index is 0.712. The van der Waals surface area contributed by atoms with Crippen LogP contribution in [0.3, 0.4) is 0 Å². The Kier molecular flexibility index (Phi) is 2.93. The molecular weight excluding hydrogens is 212 g/mol. The minimum Gasteiger partial charge on any atom is -0.491 e. The van der Waals surface area contributed by atoms with Crippen LogP contribution >= 0.6 is 0 Å². The first-order chi connectivity index (χ1) is 8.38. The normalized spacial score (nSPS) is 20.2. The van der Waals surface area contributed by atoms with Gasteiger partial charge in [-0.15, -0.1) is 0 Å². The number of benzene rings is 1. The highest BCUT2D eigenvalue weighted by molar-refractivity contribution is 5.63. The van der Waals surface area contributed by atoms with Crippen molar-refractivity contribution in [3.05, 3.63) is 23.8 Å². The number of fused-ring (bicyclic) bond motifs is 1. The molecule has 0 atom stereocenters. The summed E-state index contributed by atoms with van der Waals surface area (Å²) in [6.45, 7) is 3.90. The summed E-state index contributed by atoms with van der Waals surface area (Å²) in [6, 6.07) is 6.52. The van der Waals surface area contributed by atoms with Crippen molar-refractivity contribution in [3.8, 4) is 5.75 Å². The van der Waals surface area contributed by atoms with Gasteiger partial charge < -0.3 is 15.4 Å². The van der Waals surface area contributed by atoms with Crippen molar-refractivity contribution in [3.63, 3.8) is 0 Å². The van der Waals surface area contributed by atoms with Crippen molar-refractivity contribution in [2.45, 2.75) is 19.3 Å². The predicted molar refractivity (Wildman–Crippen MR) is 69.6 cm³/mol. The Morgan fingerprint density at radius 2 is 2.12 bits per heavy atom. The van der Waals surface area contributed by atoms with Crippen molar-refractivity contribution in [1.29, 1.82) is 0 Å². The summed E-state index contributed by atoms with van der Waals surface area (Å²) in [7, 11) is 0. The maximum Gasteiger partial charge on any atom is 0.145 e. The molecule has 0 bridgehead atoms. The average molecular weight is 232 g/mol. The first kappa shape index (κ1) is 10.9. The van der Waals surface area contributed by atoms with Crippen molar-refractivity contribution in [2.75, 3.05) is 31.1 Å². The smallest absolute Gasteiger partial charge is 0.145 e. The first-order valence-corrected chi connectivity index (χ1v) is 6.58. The molecule has 0 unspecified atom stereocenters. The van der Waals surface area contributed by atoms with Gasteiger partial charge in [-0.2, -0.15) is 0 Å². The molecule has 3 nitrogen and oxygen atoms in total. The molecule has 1 aromatic rings. The molecule has 1 aromatic carbocycles. The zero-order chi connectivity index (χ0) is 11.7. The van der Waals surface area contributed by atoms with Crippen LogP contribution in [0.4, 0.5) is 5.69 Å². The highest BCUT2D eigenvalue weighted by Crippen LogP contribution is 2.37. The van der Waals surface area contributed by atoms with Gasteiger partial charge in [-0.25, -0.2) is 0 Å². The van der Waals surface area contributed by atoms with Crippen molar-refractivity contribution < 1.29 is 4.74 Å². The van der Waals surface area contributed by atoms with E-state index in [1.54, 1.807) is 0 Å². The lowest BCUT2D eigenvalue weighted by Gasteiger charge is -2.33. The monoisotopic (exact) mass is 232 g/mol. The van der Waals surface area contributed by atoms with Gasteiger partial charge >= 0.3 is 0 Å². The van der Waals surface area contributed by atoms with Crippen molar-refractivity contribution in [1.82, 2.24) is 0 Å². The molecular formula is C14H20N2O. The molecule has 92 valence electrons. The lowest BCUT2D eigenvalue weighted by Crippen LogP contribution is -2.36. The number of nitrogens with zero attached hydrogens (tertiary/aromatic N) is 1. The van der Waals surface area contributed by atoms with E-state index in [1.165, 1.54) is 24.1 Å². The Morgan fingerprint density at radius 1 is 1.29 bits per heavy atom. The summed E-state index contributed by atoms with van der Waals surface area (Å²) in [6.07, 6.45) is 3.47. The zero-order valence-corrected chi connectivity index (χ0v) is 10.2. The summed E-state index contributed by atoms with van der Waals surface area (Å²) in [5.41, 5.74) is 8.39. The molecule has 0 aliphatic carbocycles. The van der Waals surface area contributed by atoms with E-state index in [4.69, 9.17) is 10.5 Å². The molecule has 1 fully saturated rings. The van der Waals surface area contributed by atoms with Crippen LogP contribution in [0.15, 0.2) is 18.2 Å². The predicted octanol–water partition coefficient (Wildman–Crippen LogP) is 1.80. The van der Waals surface area contributed by atoms with Gasteiger partial charge in [0.2, 0.25) is 0 Å². The Bertz CT molecular complexity index is 397. The van der Waals surface area contributed by atoms with E-state index in [2.05, 4.69) is 23.1 Å². The van der Waals surface area contributed by atoms with Crippen LogP contribution in [0.5, 0.6) is 5.75 Å². The zero-order valence-electron chi connectivity index (χ0n) is 10.2. The average Bonchev–Trinajstić information content (AvgIpc) is 2.87. The first-order valence-electron chi connectivity index (χ1n) is 6.58. The van der Waals surface area contributed by atoms with E-state index in [9.17, 15) is 0 Å². The van der Waals surface area contributed by atoms with E-state index in [1.807, 2.05) is 0 Å². The summed E-state index contributed by atoms with van der Waals surface area (Å²) in [4.78, 5) is 2.45. The molecule has 17 heavy (non-hydrogen) atoms. The lowest BCUT2D eigenvalue weighted by molar-refractivity contribution is 0.353. The molecule has 2 aliphatic heterocycles. The molecule has 2 aliphatic rings. The van der Waals surface area contributed by atoms with Crippen LogP contribution in [0, 0.1) is 5.92 Å². The molecule has 0 amide bonds. The van der Waals surface area contributed by atoms with E-state index in [-0.39, 0.29) is 0 Å². The molecule has 0 spiro atoms. The number of nitrogens with two attached hydrogens (primary N) is 1. The Morgan fingerprint density at radius 3 is 2.88 bits per heavy atom. The van der Waals surface area contributed by atoms with E-state index >= 15 is 0 Å². The Labute approximate surface area is 103 Å². The lowest BCUT2D eigenvalue weighted by atomic mass is 9.96. The number of hydrogen-bond acceptors (Lipinski definition) is 3. The maximum absolute atomic E-state index is 5.77. The summed E-state index contributed by atoms with van der Waals surface area (Å²) in [5.74, 6) is 1.84. The molecule has 2 N–H and O–H groups in total. The third-order valence-electron chi connectivity index (χ3n) is 3.98. The summed E-state index contributed by atoms with van der Waals surface area (Å²) >= 11 is 0. The van der Waals surface area contributed by atoms with E-state index in [0.29, 0.717) is 5.92 Å². The standard InChI is InChI=1S/C14H20N2O/c15-10-11-4-7-16(8-5-11)13-3-1-2-12-6-9-17-14(12)13/h1-3,11H,4-10,15H2. The molecule has 0 aromatic heterocycles. The van der Waals surface area contributed by atoms with Crippen LogP contribution in [-0.4, -0.2) is 26.2 Å². The molecule has 1 saturated heterocycles. The minimum absolute atomic E-state index is 0.712. The fourth-order valence-corrected chi connectivity index (χ4v) is 2.86. The Balaban J connectivity index is 1.79. The van der Waals surface area contributed by atoms with Crippen LogP contribution < -0.4 is 15.4 Å². The van der Waals surface area contributed by atoms with Gasteiger partial charge in [0.25, 0.3) is 0 Å². The number of ether oxygens (including phenoxy) is 1. The quantitative estimate of drug-likeness (QED) is 0.845. The van der Waals surface area contributed by atoms with Gasteiger partial charge in [0.1, 0.15) is 5.75 Å². The third kappa shape index (κ3) is 2.00. The maximum atomic E-state index is 5.77. The molecule has 0 radical (unpaired) electrons. The van der Waals surface area contributed by atoms with Crippen molar-refractivity contribution >= 4 is 5.69 Å². The highest BCUT2D eigenvalue weighted by atomic mass is 16.5. The van der Waals surface area contributed by atoms with E-state index < -0.39 is 0 Å². The van der Waals surface area contributed by atoms with Gasteiger partial charge in [0.05, 0.1) is 12.3 Å². The molecule has 3 rings (SSSR count). The number of rotatable bonds is 2. The van der Waals surface area contributed by atoms with Gasteiger partial charge in [0.15, 0.2) is 0 Å². The number of piperidine rings is 1. The molecule has 3 heteroatoms. The van der Waals surface area contributed by atoms with Crippen LogP contribution in [0.25, 0.3) is 0 Å². The SMILES string of the molecule is NCC1CCN(c2cccc3c2OCC3)CC1. The largest absolute Gasteiger partial charge is 0.491 e. The molecule has 0 saturated carbocycles. The van der Waals surface area contributed by atoms with Gasteiger partial charge in [-0.3, -0.25) is 0 Å². The fraction of sp³-hybridized carbons (Fsp3) is 0.571. The second-order valence-electron chi connectivity index (χ2n) is 5.03. The topological polar surface area (TPSA) is 38.5 Å². The second kappa shape index (κ2) is 4.57. The number of anilines is 1. The summed E-state index contributed by atoms with van der Waals surface area (Å²) in [5, 5.41) is 0. The third-order valence-corrected chi connectivity index (χ3v) is 3.98. The number of hydrogen-bond donors (Lipinski definition) is 1. The fourth-order valence-electron chi connectivity index (χ4n) is 2.86. The highest BCUT2D eigenvalue weighted by Gasteiger charge is 2.23. The second-order valence-corrected chi connectivity index (χ2v) is 5.03. The molecule has 2 heterocycles. The van der Waals surface area contributed by atoms with Gasteiger partial charge in [-0.1, -0.05) is 12.1 Å². The van der Waals surface area contributed by atoms with Crippen LogP contribution in [-0.2, 0) is 6.42 Å². The Hall–Kier alpha value is -1.22. The van der Waals surface area contributed by atoms with Crippen LogP contribution in [0.2, 0.25) is 0 Å². The van der Waals surface area contributed by atoms with Crippen molar-refractivity contribution in [2.24, 2.45) is 11.7 Å². The van der Waals surface area contributed by atoms with Gasteiger partial charge in [-0.05, 0) is 36.9 Å². The van der Waals surface area contributed by atoms with E-state index in [0.717, 1.165) is 38.4 Å². The van der Waals surface area contributed by atoms with Gasteiger partial charge in [0, 0.05) is 19.5 Å². The summed E-state index contributed by atoms with van der Waals surface area (Å²) < 4.78 is 5.77. The number of para-hydroxylation sites is 1. The van der Waals surface area contributed by atoms with Crippen LogP contribution in [0.1, 0.15) is 18.4 Å².